The summed E-state index contributed by atoms with van der Waals surface area (Å²) in [5.41, 5.74) is 1.27. The van der Waals surface area contributed by atoms with Crippen molar-refractivity contribution in [2.75, 3.05) is 27.9 Å². The van der Waals surface area contributed by atoms with Crippen molar-refractivity contribution in [1.82, 2.24) is 4.90 Å². The average Bonchev–Trinajstić information content (AvgIpc) is 3.28. The van der Waals surface area contributed by atoms with Crippen molar-refractivity contribution in [3.63, 3.8) is 0 Å². The van der Waals surface area contributed by atoms with Crippen molar-refractivity contribution in [3.05, 3.63) is 47.6 Å². The number of hydrogen-bond acceptors (Lipinski definition) is 13. The molecule has 65 heavy (non-hydrogen) atoms. The Labute approximate surface area is 387 Å². The molecule has 14 nitrogen and oxygen atoms in total. The minimum absolute atomic E-state index is 0.0193. The quantitative estimate of drug-likeness (QED) is 0.156. The molecule has 4 aliphatic rings. The van der Waals surface area contributed by atoms with Gasteiger partial charge < -0.3 is 43.9 Å². The summed E-state index contributed by atoms with van der Waals surface area (Å²) < 4.78 is 29.4. The van der Waals surface area contributed by atoms with Gasteiger partial charge in [-0.25, -0.2) is 4.79 Å². The molecule has 2 saturated heterocycles. The summed E-state index contributed by atoms with van der Waals surface area (Å²) in [7, 11) is 4.52. The number of aliphatic hydroxyl groups is 3. The van der Waals surface area contributed by atoms with E-state index in [9.17, 15) is 39.3 Å². The summed E-state index contributed by atoms with van der Waals surface area (Å²) >= 11 is 0. The Balaban J connectivity index is 1.70. The third-order valence-electron chi connectivity index (χ3n) is 14.5. The van der Waals surface area contributed by atoms with Crippen molar-refractivity contribution < 1.29 is 63.0 Å². The number of amides is 1. The van der Waals surface area contributed by atoms with E-state index in [1.54, 1.807) is 41.1 Å². The Morgan fingerprint density at radius 3 is 2.25 bits per heavy atom. The number of nitrogens with zero attached hydrogens (tertiary/aromatic N) is 1. The molecule has 366 valence electrons. The molecule has 0 aromatic rings. The number of aliphatic hydroxyl groups excluding tert-OH is 2. The second-order valence-electron chi connectivity index (χ2n) is 19.6. The lowest BCUT2D eigenvalue weighted by Gasteiger charge is -2.42. The van der Waals surface area contributed by atoms with E-state index in [1.807, 2.05) is 58.1 Å². The standard InChI is InChI=1S/C51H79NO13/c1-30-16-12-11-13-17-31(2)42(61-8)28-38-21-19-36(7)51(60,65-38)48(57)49(58)52-23-15-14-18-39(52)50(59)64-43(33(4)26-37-20-22-40(53)44(27-37)62-9)29-41(54)32(3)25-35(6)46(56)47(63-10)45(55)34(5)24-30/h11-13,16-17,25,30,32-34,36-40,42-44,46-47,53,56,60H,14-15,18-24,26-29H2,1-10H3/b13-11+,16-12+,31-17+,35-25+/t30-,32?,33-,34-,36-,37+,38?,39+,40-,42+,43+,44?,46?,47?,51-/m1/s1. The smallest absolute Gasteiger partial charge is 0.329 e. The van der Waals surface area contributed by atoms with Crippen LogP contribution in [0.5, 0.6) is 0 Å². The summed E-state index contributed by atoms with van der Waals surface area (Å²) in [5.74, 6) is -7.96. The first-order valence-electron chi connectivity index (χ1n) is 23.9. The van der Waals surface area contributed by atoms with Gasteiger partial charge in [0, 0.05) is 58.5 Å². The Morgan fingerprint density at radius 2 is 1.57 bits per heavy atom. The van der Waals surface area contributed by atoms with Crippen molar-refractivity contribution in [2.24, 2.45) is 35.5 Å². The number of Topliss-reactive ketones (excluding diaryl/α,β-unsaturated/α-hetero) is 3. The molecule has 3 fully saturated rings. The molecule has 3 aliphatic heterocycles. The van der Waals surface area contributed by atoms with E-state index in [-0.39, 0.29) is 54.8 Å². The van der Waals surface area contributed by atoms with Gasteiger partial charge in [0.25, 0.3) is 11.7 Å². The first-order chi connectivity index (χ1) is 30.7. The molecule has 3 N–H and O–H groups in total. The minimum atomic E-state index is -2.43. The molecule has 14 heteroatoms. The number of hydrogen-bond donors (Lipinski definition) is 3. The zero-order chi connectivity index (χ0) is 48.2. The number of cyclic esters (lactones) is 1. The molecule has 3 heterocycles. The highest BCUT2D eigenvalue weighted by Crippen LogP contribution is 2.38. The van der Waals surface area contributed by atoms with Crippen molar-refractivity contribution in [2.45, 2.75) is 180 Å². The van der Waals surface area contributed by atoms with Gasteiger partial charge >= 0.3 is 5.97 Å². The van der Waals surface area contributed by atoms with Gasteiger partial charge in [-0.05, 0) is 107 Å². The predicted molar refractivity (Wildman–Crippen MR) is 245 cm³/mol. The molecule has 1 amide bonds. The monoisotopic (exact) mass is 914 g/mol. The fraction of sp³-hybridized carbons (Fsp3) is 0.745. The van der Waals surface area contributed by atoms with Gasteiger partial charge in [-0.2, -0.15) is 0 Å². The summed E-state index contributed by atoms with van der Waals surface area (Å²) in [6.45, 7) is 12.7. The topological polar surface area (TPSA) is 195 Å². The third-order valence-corrected chi connectivity index (χ3v) is 14.5. The van der Waals surface area contributed by atoms with Gasteiger partial charge in [0.1, 0.15) is 30.1 Å². The van der Waals surface area contributed by atoms with Crippen LogP contribution < -0.4 is 0 Å². The SMILES string of the molecule is COC1C(=O)[C@H](C)C[C@H](C)/C=C/C=C/C=C(\C)[C@@H](OC)CC2CC[C@@H](C)[C@@](O)(O2)C(=O)C(=O)N2CCCC[C@H]2C(=O)O[C@H]([C@H](C)C[C@@H]2CC[C@@H](O)C(OC)C2)CC(=O)C(C)/C=C(\C)C1O. The van der Waals surface area contributed by atoms with Crippen LogP contribution in [0.25, 0.3) is 0 Å². The van der Waals surface area contributed by atoms with E-state index < -0.39 is 83.9 Å². The maximum Gasteiger partial charge on any atom is 0.329 e. The lowest BCUT2D eigenvalue weighted by Crippen LogP contribution is -2.61. The second-order valence-corrected chi connectivity index (χ2v) is 19.6. The zero-order valence-electron chi connectivity index (χ0n) is 40.6. The van der Waals surface area contributed by atoms with Gasteiger partial charge in [0.15, 0.2) is 5.78 Å². The molecule has 0 aromatic heterocycles. The number of carbonyl (C=O) groups is 5. The summed E-state index contributed by atoms with van der Waals surface area (Å²) in [4.78, 5) is 71.8. The van der Waals surface area contributed by atoms with Gasteiger partial charge in [-0.1, -0.05) is 71.1 Å². The van der Waals surface area contributed by atoms with Crippen LogP contribution in [0, 0.1) is 35.5 Å². The largest absolute Gasteiger partial charge is 0.460 e. The van der Waals surface area contributed by atoms with E-state index in [1.165, 1.54) is 12.0 Å². The van der Waals surface area contributed by atoms with Gasteiger partial charge in [-0.15, -0.1) is 0 Å². The molecule has 2 bridgehead atoms. The molecule has 1 aliphatic carbocycles. The van der Waals surface area contributed by atoms with Gasteiger partial charge in [0.05, 0.1) is 24.4 Å². The normalized spacial score (nSPS) is 40.4. The number of piperidine rings is 1. The molecule has 0 spiro atoms. The molecule has 15 atom stereocenters. The Bertz CT molecular complexity index is 1760. The number of rotatable bonds is 6. The Kier molecular flexibility index (Phi) is 21.0. The van der Waals surface area contributed by atoms with Crippen LogP contribution in [0.1, 0.15) is 126 Å². The highest BCUT2D eigenvalue weighted by Gasteiger charge is 2.53. The maximum absolute atomic E-state index is 14.4. The first kappa shape index (κ1) is 54.2. The average molecular weight is 914 g/mol. The molecule has 1 saturated carbocycles. The van der Waals surface area contributed by atoms with Crippen LogP contribution in [0.2, 0.25) is 0 Å². The highest BCUT2D eigenvalue weighted by atomic mass is 16.6. The van der Waals surface area contributed by atoms with Crippen molar-refractivity contribution in [3.8, 4) is 0 Å². The van der Waals surface area contributed by atoms with Crippen molar-refractivity contribution >= 4 is 29.2 Å². The molecule has 0 aromatic carbocycles. The Morgan fingerprint density at radius 1 is 0.846 bits per heavy atom. The summed E-state index contributed by atoms with van der Waals surface area (Å²) in [6, 6.07) is -1.14. The van der Waals surface area contributed by atoms with Crippen LogP contribution in [0.15, 0.2) is 47.6 Å². The molecular weight excluding hydrogens is 835 g/mol. The fourth-order valence-corrected chi connectivity index (χ4v) is 10.1. The first-order valence-corrected chi connectivity index (χ1v) is 23.9. The van der Waals surface area contributed by atoms with Crippen molar-refractivity contribution in [1.29, 1.82) is 0 Å². The minimum Gasteiger partial charge on any atom is -0.460 e. The number of fused-ring (bicyclic) bond motifs is 3. The number of carbonyl (C=O) groups excluding carboxylic acids is 5. The maximum atomic E-state index is 14.4. The van der Waals surface area contributed by atoms with Crippen LogP contribution in [0.4, 0.5) is 0 Å². The molecule has 0 radical (unpaired) electrons. The van der Waals surface area contributed by atoms with Crippen LogP contribution in [0.3, 0.4) is 0 Å². The summed E-state index contributed by atoms with van der Waals surface area (Å²) in [5, 5.41) is 33.8. The van der Waals surface area contributed by atoms with E-state index in [4.69, 9.17) is 23.7 Å². The molecule has 4 rings (SSSR count). The lowest BCUT2D eigenvalue weighted by molar-refractivity contribution is -0.265. The fourth-order valence-electron chi connectivity index (χ4n) is 10.1. The van der Waals surface area contributed by atoms with Gasteiger partial charge in [0.2, 0.25) is 5.79 Å². The summed E-state index contributed by atoms with van der Waals surface area (Å²) in [6.07, 6.45) is 11.2. The second kappa shape index (κ2) is 25.1. The van der Waals surface area contributed by atoms with Crippen LogP contribution in [-0.2, 0) is 47.7 Å². The zero-order valence-corrected chi connectivity index (χ0v) is 40.6. The van der Waals surface area contributed by atoms with E-state index in [2.05, 4.69) is 0 Å². The van der Waals surface area contributed by atoms with E-state index >= 15 is 0 Å². The van der Waals surface area contributed by atoms with Crippen LogP contribution in [-0.4, -0.2) is 132 Å². The number of ether oxygens (including phenoxy) is 5. The molecular formula is C51H79NO13. The number of ketones is 3. The number of esters is 1. The highest BCUT2D eigenvalue weighted by molar-refractivity contribution is 6.39. The third kappa shape index (κ3) is 14.3. The number of allylic oxidation sites excluding steroid dienone is 6. The van der Waals surface area contributed by atoms with Crippen LogP contribution >= 0.6 is 0 Å². The van der Waals surface area contributed by atoms with E-state index in [0.29, 0.717) is 63.4 Å². The van der Waals surface area contributed by atoms with Gasteiger partial charge in [-0.3, -0.25) is 19.2 Å². The van der Waals surface area contributed by atoms with E-state index in [0.717, 1.165) is 12.0 Å². The molecule has 5 unspecified atom stereocenters. The predicted octanol–water partition coefficient (Wildman–Crippen LogP) is 6.18. The Hall–Kier alpha value is -3.37. The lowest BCUT2D eigenvalue weighted by atomic mass is 9.78. The number of methoxy groups -OCH3 is 3.